The zero-order valence-electron chi connectivity index (χ0n) is 12.8. The van der Waals surface area contributed by atoms with Gasteiger partial charge in [-0.3, -0.25) is 19.3 Å². The first-order valence-electron chi connectivity index (χ1n) is 7.16. The monoisotopic (exact) mass is 309 g/mol. The Balaban J connectivity index is 1.97. The van der Waals surface area contributed by atoms with Gasteiger partial charge in [-0.15, -0.1) is 0 Å². The van der Waals surface area contributed by atoms with Crippen molar-refractivity contribution >= 4 is 17.6 Å². The molecule has 0 saturated carbocycles. The van der Waals surface area contributed by atoms with E-state index < -0.39 is 0 Å². The Labute approximate surface area is 133 Å². The van der Waals surface area contributed by atoms with Gasteiger partial charge in [0.2, 0.25) is 0 Å². The van der Waals surface area contributed by atoms with E-state index in [-0.39, 0.29) is 24.1 Å². The summed E-state index contributed by atoms with van der Waals surface area (Å²) < 4.78 is 5.28. The molecule has 5 nitrogen and oxygen atoms in total. The molecule has 0 saturated heterocycles. The molecule has 3 rings (SSSR count). The van der Waals surface area contributed by atoms with Crippen LogP contribution in [0.15, 0.2) is 42.5 Å². The number of methoxy groups -OCH3 is 1. The Bertz CT molecular complexity index is 791. The molecule has 1 heterocycles. The molecule has 0 atom stereocenters. The van der Waals surface area contributed by atoms with Crippen LogP contribution in [0.4, 0.5) is 0 Å². The lowest BCUT2D eigenvalue weighted by atomic mass is 10.1. The van der Waals surface area contributed by atoms with Crippen molar-refractivity contribution in [2.45, 2.75) is 13.5 Å². The van der Waals surface area contributed by atoms with Gasteiger partial charge in [-0.2, -0.15) is 0 Å². The van der Waals surface area contributed by atoms with E-state index >= 15 is 0 Å². The van der Waals surface area contributed by atoms with Crippen molar-refractivity contribution in [3.63, 3.8) is 0 Å². The molecule has 0 fully saturated rings. The van der Waals surface area contributed by atoms with E-state index in [0.717, 1.165) is 0 Å². The third-order valence-corrected chi connectivity index (χ3v) is 3.89. The Morgan fingerprint density at radius 2 is 1.65 bits per heavy atom. The summed E-state index contributed by atoms with van der Waals surface area (Å²) in [6, 6.07) is 11.7. The molecule has 0 aromatic heterocycles. The largest absolute Gasteiger partial charge is 0.496 e. The van der Waals surface area contributed by atoms with Crippen LogP contribution in [0, 0.1) is 0 Å². The van der Waals surface area contributed by atoms with Crippen LogP contribution >= 0.6 is 0 Å². The summed E-state index contributed by atoms with van der Waals surface area (Å²) in [7, 11) is 1.51. The third kappa shape index (κ3) is 2.50. The first kappa shape index (κ1) is 15.0. The molecule has 0 spiro atoms. The fourth-order valence-electron chi connectivity index (χ4n) is 2.67. The van der Waals surface area contributed by atoms with Gasteiger partial charge in [-0.1, -0.05) is 12.1 Å². The second-order valence-electron chi connectivity index (χ2n) is 5.32. The molecule has 23 heavy (non-hydrogen) atoms. The zero-order chi connectivity index (χ0) is 16.6. The number of hydrogen-bond donors (Lipinski definition) is 0. The lowest BCUT2D eigenvalue weighted by Gasteiger charge is -2.16. The standard InChI is InChI=1S/C18H15NO4/c1-11(20)12-7-8-16(23-2)13(9-12)10-19-17(21)14-5-3-4-6-15(14)18(19)22/h3-9H,10H2,1-2H3. The highest BCUT2D eigenvalue weighted by Gasteiger charge is 2.35. The molecule has 0 aliphatic carbocycles. The second kappa shape index (κ2) is 5.68. The van der Waals surface area contributed by atoms with Gasteiger partial charge in [0.05, 0.1) is 24.8 Å². The van der Waals surface area contributed by atoms with Crippen molar-refractivity contribution in [2.24, 2.45) is 0 Å². The topological polar surface area (TPSA) is 63.7 Å². The number of amides is 2. The normalized spacial score (nSPS) is 13.2. The summed E-state index contributed by atoms with van der Waals surface area (Å²) >= 11 is 0. The lowest BCUT2D eigenvalue weighted by molar-refractivity contribution is 0.0641. The Hall–Kier alpha value is -2.95. The zero-order valence-corrected chi connectivity index (χ0v) is 12.8. The van der Waals surface area contributed by atoms with Crippen LogP contribution < -0.4 is 4.74 Å². The number of rotatable bonds is 4. The number of imide groups is 1. The van der Waals surface area contributed by atoms with Gasteiger partial charge in [0, 0.05) is 11.1 Å². The molecule has 2 aromatic carbocycles. The van der Waals surface area contributed by atoms with E-state index in [1.165, 1.54) is 18.9 Å². The summed E-state index contributed by atoms with van der Waals surface area (Å²) in [5.41, 5.74) is 1.94. The molecule has 2 amide bonds. The van der Waals surface area contributed by atoms with E-state index in [2.05, 4.69) is 0 Å². The van der Waals surface area contributed by atoms with Gasteiger partial charge in [-0.25, -0.2) is 0 Å². The minimum atomic E-state index is -0.333. The van der Waals surface area contributed by atoms with Crippen molar-refractivity contribution in [3.05, 3.63) is 64.7 Å². The van der Waals surface area contributed by atoms with Gasteiger partial charge < -0.3 is 4.74 Å². The molecular formula is C18H15NO4. The minimum absolute atomic E-state index is 0.0661. The highest BCUT2D eigenvalue weighted by Crippen LogP contribution is 2.28. The highest BCUT2D eigenvalue weighted by molar-refractivity contribution is 6.21. The van der Waals surface area contributed by atoms with Crippen molar-refractivity contribution in [1.29, 1.82) is 0 Å². The molecule has 116 valence electrons. The summed E-state index contributed by atoms with van der Waals surface area (Å²) in [5.74, 6) is -0.218. The number of fused-ring (bicyclic) bond motifs is 1. The maximum Gasteiger partial charge on any atom is 0.261 e. The number of hydrogen-bond acceptors (Lipinski definition) is 4. The predicted molar refractivity (Wildman–Crippen MR) is 83.6 cm³/mol. The quantitative estimate of drug-likeness (QED) is 0.643. The summed E-state index contributed by atoms with van der Waals surface area (Å²) in [4.78, 5) is 37.6. The van der Waals surface area contributed by atoms with Gasteiger partial charge in [0.25, 0.3) is 11.8 Å². The average Bonchev–Trinajstić information content (AvgIpc) is 2.80. The van der Waals surface area contributed by atoms with Crippen LogP contribution in [0.3, 0.4) is 0 Å². The molecule has 0 N–H and O–H groups in total. The first-order valence-corrected chi connectivity index (χ1v) is 7.16. The van der Waals surface area contributed by atoms with Gasteiger partial charge in [0.15, 0.2) is 5.78 Å². The average molecular weight is 309 g/mol. The molecule has 5 heteroatoms. The van der Waals surface area contributed by atoms with Crippen LogP contribution in [-0.4, -0.2) is 29.6 Å². The molecule has 0 unspecified atom stereocenters. The Morgan fingerprint density at radius 3 is 2.17 bits per heavy atom. The first-order chi connectivity index (χ1) is 11.0. The van der Waals surface area contributed by atoms with Crippen LogP contribution in [0.2, 0.25) is 0 Å². The van der Waals surface area contributed by atoms with Crippen molar-refractivity contribution in [1.82, 2.24) is 4.90 Å². The fourth-order valence-corrected chi connectivity index (χ4v) is 2.67. The SMILES string of the molecule is COc1ccc(C(C)=O)cc1CN1C(=O)c2ccccc2C1=O. The molecule has 2 aromatic rings. The van der Waals surface area contributed by atoms with Gasteiger partial charge in [0.1, 0.15) is 5.75 Å². The fraction of sp³-hybridized carbons (Fsp3) is 0.167. The Kier molecular flexibility index (Phi) is 3.70. The number of carbonyl (C=O) groups excluding carboxylic acids is 3. The minimum Gasteiger partial charge on any atom is -0.496 e. The van der Waals surface area contributed by atoms with Gasteiger partial charge >= 0.3 is 0 Å². The molecule has 1 aliphatic heterocycles. The number of ether oxygens (including phenoxy) is 1. The number of benzene rings is 2. The molecule has 0 bridgehead atoms. The van der Waals surface area contributed by atoms with E-state index in [1.807, 2.05) is 0 Å². The van der Waals surface area contributed by atoms with Crippen LogP contribution in [0.5, 0.6) is 5.75 Å². The van der Waals surface area contributed by atoms with E-state index in [4.69, 9.17) is 4.74 Å². The molecule has 0 radical (unpaired) electrons. The molecule has 1 aliphatic rings. The van der Waals surface area contributed by atoms with Gasteiger partial charge in [-0.05, 0) is 37.3 Å². The highest BCUT2D eigenvalue weighted by atomic mass is 16.5. The summed E-state index contributed by atoms with van der Waals surface area (Å²) in [5, 5.41) is 0. The van der Waals surface area contributed by atoms with E-state index in [1.54, 1.807) is 42.5 Å². The number of Topliss-reactive ketones (excluding diaryl/α,β-unsaturated/α-hetero) is 1. The summed E-state index contributed by atoms with van der Waals surface area (Å²) in [6.07, 6.45) is 0. The van der Waals surface area contributed by atoms with E-state index in [0.29, 0.717) is 28.0 Å². The summed E-state index contributed by atoms with van der Waals surface area (Å²) in [6.45, 7) is 1.53. The van der Waals surface area contributed by atoms with Crippen LogP contribution in [-0.2, 0) is 6.54 Å². The van der Waals surface area contributed by atoms with Crippen molar-refractivity contribution < 1.29 is 19.1 Å². The van der Waals surface area contributed by atoms with Crippen LogP contribution in [0.25, 0.3) is 0 Å². The Morgan fingerprint density at radius 1 is 1.04 bits per heavy atom. The second-order valence-corrected chi connectivity index (χ2v) is 5.32. The van der Waals surface area contributed by atoms with Crippen molar-refractivity contribution in [3.8, 4) is 5.75 Å². The number of ketones is 1. The smallest absolute Gasteiger partial charge is 0.261 e. The van der Waals surface area contributed by atoms with E-state index in [9.17, 15) is 14.4 Å². The molecular weight excluding hydrogens is 294 g/mol. The maximum atomic E-state index is 12.4. The number of nitrogens with zero attached hydrogens (tertiary/aromatic N) is 1. The van der Waals surface area contributed by atoms with Crippen molar-refractivity contribution in [2.75, 3.05) is 7.11 Å². The maximum absolute atomic E-state index is 12.4. The predicted octanol–water partition coefficient (Wildman–Crippen LogP) is 2.69. The lowest BCUT2D eigenvalue weighted by Crippen LogP contribution is -2.29. The number of carbonyl (C=O) groups is 3. The third-order valence-electron chi connectivity index (χ3n) is 3.89. The van der Waals surface area contributed by atoms with Crippen LogP contribution in [0.1, 0.15) is 43.6 Å².